The molecule has 1 heterocycles. The number of nitrogens with one attached hydrogen (secondary N) is 1. The molecular weight excluding hydrogens is 275 g/mol. The lowest BCUT2D eigenvalue weighted by Crippen LogP contribution is -2.50. The van der Waals surface area contributed by atoms with Gasteiger partial charge in [0.05, 0.1) is 11.1 Å². The van der Waals surface area contributed by atoms with Crippen molar-refractivity contribution in [1.29, 1.82) is 0 Å². The Kier molecular flexibility index (Phi) is 4.45. The lowest BCUT2D eigenvalue weighted by Gasteiger charge is -2.39. The Morgan fingerprint density at radius 1 is 1.43 bits per heavy atom. The van der Waals surface area contributed by atoms with E-state index < -0.39 is 23.2 Å². The van der Waals surface area contributed by atoms with E-state index in [9.17, 15) is 19.1 Å². The molecule has 0 radical (unpaired) electrons. The van der Waals surface area contributed by atoms with Crippen molar-refractivity contribution in [3.63, 3.8) is 0 Å². The van der Waals surface area contributed by atoms with Crippen LogP contribution in [0.25, 0.3) is 0 Å². The van der Waals surface area contributed by atoms with Crippen LogP contribution in [-0.2, 0) is 4.79 Å². The number of rotatable bonds is 3. The number of halogens is 1. The summed E-state index contributed by atoms with van der Waals surface area (Å²) >= 11 is 0. The van der Waals surface area contributed by atoms with E-state index in [0.29, 0.717) is 25.8 Å². The molecule has 6 heteroatoms. The third kappa shape index (κ3) is 3.15. The minimum Gasteiger partial charge on any atom is -0.481 e. The van der Waals surface area contributed by atoms with Crippen LogP contribution in [0.5, 0.6) is 0 Å². The van der Waals surface area contributed by atoms with Crippen LogP contribution < -0.4 is 5.32 Å². The van der Waals surface area contributed by atoms with Gasteiger partial charge in [-0.1, -0.05) is 19.1 Å². The van der Waals surface area contributed by atoms with Crippen molar-refractivity contribution in [2.24, 2.45) is 5.41 Å². The molecule has 114 valence electrons. The summed E-state index contributed by atoms with van der Waals surface area (Å²) < 4.78 is 13.5. The Labute approximate surface area is 122 Å². The molecule has 2 rings (SSSR count). The van der Waals surface area contributed by atoms with Gasteiger partial charge in [0.2, 0.25) is 0 Å². The Morgan fingerprint density at radius 3 is 2.76 bits per heavy atom. The SMILES string of the molecule is CCC1(C(=O)O)CCCN(C(=O)Nc2ccccc2F)C1. The van der Waals surface area contributed by atoms with Crippen LogP contribution in [0.3, 0.4) is 0 Å². The fraction of sp³-hybridized carbons (Fsp3) is 0.467. The highest BCUT2D eigenvalue weighted by Gasteiger charge is 2.42. The first-order chi connectivity index (χ1) is 9.98. The zero-order valence-electron chi connectivity index (χ0n) is 11.9. The predicted molar refractivity (Wildman–Crippen MR) is 76.6 cm³/mol. The molecule has 0 saturated carbocycles. The van der Waals surface area contributed by atoms with Crippen molar-refractivity contribution in [3.8, 4) is 0 Å². The Morgan fingerprint density at radius 2 is 2.14 bits per heavy atom. The molecule has 1 aromatic rings. The van der Waals surface area contributed by atoms with Crippen LogP contribution in [0.1, 0.15) is 26.2 Å². The molecule has 0 aromatic heterocycles. The average molecular weight is 294 g/mol. The lowest BCUT2D eigenvalue weighted by molar-refractivity contribution is -0.152. The molecule has 0 spiro atoms. The second kappa shape index (κ2) is 6.11. The van der Waals surface area contributed by atoms with Gasteiger partial charge in [0.15, 0.2) is 0 Å². The van der Waals surface area contributed by atoms with Crippen molar-refractivity contribution < 1.29 is 19.1 Å². The van der Waals surface area contributed by atoms with E-state index in [-0.39, 0.29) is 12.2 Å². The van der Waals surface area contributed by atoms with Crippen LogP contribution in [-0.4, -0.2) is 35.1 Å². The Hall–Kier alpha value is -2.11. The number of carboxylic acid groups (broad SMARTS) is 1. The molecule has 2 N–H and O–H groups in total. The first-order valence-electron chi connectivity index (χ1n) is 7.02. The zero-order chi connectivity index (χ0) is 15.5. The maximum atomic E-state index is 13.5. The topological polar surface area (TPSA) is 69.6 Å². The highest BCUT2D eigenvalue weighted by Crippen LogP contribution is 2.34. The van der Waals surface area contributed by atoms with Crippen LogP contribution in [0.2, 0.25) is 0 Å². The van der Waals surface area contributed by atoms with Gasteiger partial charge in [-0.25, -0.2) is 9.18 Å². The van der Waals surface area contributed by atoms with E-state index in [2.05, 4.69) is 5.32 Å². The standard InChI is InChI=1S/C15H19FN2O3/c1-2-15(13(19)20)8-5-9-18(10-15)14(21)17-12-7-4-3-6-11(12)16/h3-4,6-7H,2,5,8-10H2,1H3,(H,17,21)(H,19,20). The van der Waals surface area contributed by atoms with Crippen molar-refractivity contribution >= 4 is 17.7 Å². The number of piperidine rings is 1. The smallest absolute Gasteiger partial charge is 0.321 e. The molecule has 21 heavy (non-hydrogen) atoms. The highest BCUT2D eigenvalue weighted by atomic mass is 19.1. The molecule has 0 bridgehead atoms. The summed E-state index contributed by atoms with van der Waals surface area (Å²) in [6.07, 6.45) is 1.65. The van der Waals surface area contributed by atoms with E-state index in [1.54, 1.807) is 12.1 Å². The van der Waals surface area contributed by atoms with E-state index in [4.69, 9.17) is 0 Å². The first kappa shape index (κ1) is 15.3. The summed E-state index contributed by atoms with van der Waals surface area (Å²) in [5.41, 5.74) is -0.796. The molecule has 1 unspecified atom stereocenters. The van der Waals surface area contributed by atoms with Crippen LogP contribution in [0.4, 0.5) is 14.9 Å². The maximum absolute atomic E-state index is 13.5. The monoisotopic (exact) mass is 294 g/mol. The summed E-state index contributed by atoms with van der Waals surface area (Å²) in [6, 6.07) is 5.45. The number of hydrogen-bond acceptors (Lipinski definition) is 2. The van der Waals surface area contributed by atoms with Gasteiger partial charge >= 0.3 is 12.0 Å². The minimum atomic E-state index is -0.898. The number of nitrogens with zero attached hydrogens (tertiary/aromatic N) is 1. The van der Waals surface area contributed by atoms with Gasteiger partial charge in [-0.05, 0) is 31.4 Å². The summed E-state index contributed by atoms with van der Waals surface area (Å²) in [6.45, 7) is 2.45. The third-order valence-electron chi connectivity index (χ3n) is 4.11. The van der Waals surface area contributed by atoms with Crippen molar-refractivity contribution in [2.45, 2.75) is 26.2 Å². The molecule has 5 nitrogen and oxygen atoms in total. The van der Waals surface area contributed by atoms with Gasteiger partial charge in [-0.15, -0.1) is 0 Å². The van der Waals surface area contributed by atoms with Crippen LogP contribution in [0, 0.1) is 11.2 Å². The largest absolute Gasteiger partial charge is 0.481 e. The molecule has 0 aliphatic carbocycles. The number of anilines is 1. The van der Waals surface area contributed by atoms with Gasteiger partial charge in [0.25, 0.3) is 0 Å². The van der Waals surface area contributed by atoms with Gasteiger partial charge < -0.3 is 15.3 Å². The second-order valence-corrected chi connectivity index (χ2v) is 5.37. The van der Waals surface area contributed by atoms with Crippen molar-refractivity contribution in [3.05, 3.63) is 30.1 Å². The van der Waals surface area contributed by atoms with E-state index in [1.807, 2.05) is 6.92 Å². The van der Waals surface area contributed by atoms with Gasteiger partial charge in [-0.3, -0.25) is 4.79 Å². The fourth-order valence-electron chi connectivity index (χ4n) is 2.68. The Balaban J connectivity index is 2.09. The van der Waals surface area contributed by atoms with Crippen LogP contribution in [0.15, 0.2) is 24.3 Å². The number of carbonyl (C=O) groups is 2. The third-order valence-corrected chi connectivity index (χ3v) is 4.11. The molecule has 2 amide bonds. The number of hydrogen-bond donors (Lipinski definition) is 2. The zero-order valence-corrected chi connectivity index (χ0v) is 11.9. The van der Waals surface area contributed by atoms with Gasteiger partial charge in [-0.2, -0.15) is 0 Å². The quantitative estimate of drug-likeness (QED) is 0.900. The lowest BCUT2D eigenvalue weighted by atomic mass is 9.78. The normalized spacial score (nSPS) is 21.9. The maximum Gasteiger partial charge on any atom is 0.321 e. The number of carboxylic acids is 1. The predicted octanol–water partition coefficient (Wildman–Crippen LogP) is 2.93. The summed E-state index contributed by atoms with van der Waals surface area (Å²) in [7, 11) is 0. The fourth-order valence-corrected chi connectivity index (χ4v) is 2.68. The van der Waals surface area contributed by atoms with Crippen molar-refractivity contribution in [1.82, 2.24) is 4.90 Å². The Bertz CT molecular complexity index is 549. The van der Waals surface area contributed by atoms with Gasteiger partial charge in [0, 0.05) is 13.1 Å². The molecular formula is C15H19FN2O3. The highest BCUT2D eigenvalue weighted by molar-refractivity contribution is 5.90. The number of amides is 2. The molecule has 1 aliphatic rings. The second-order valence-electron chi connectivity index (χ2n) is 5.37. The molecule has 1 aliphatic heterocycles. The summed E-state index contributed by atoms with van der Waals surface area (Å²) in [5.74, 6) is -1.39. The first-order valence-corrected chi connectivity index (χ1v) is 7.02. The molecule has 1 fully saturated rings. The number of para-hydroxylation sites is 1. The van der Waals surface area contributed by atoms with E-state index in [1.165, 1.54) is 17.0 Å². The van der Waals surface area contributed by atoms with Gasteiger partial charge in [0.1, 0.15) is 5.82 Å². The number of urea groups is 1. The number of likely N-dealkylation sites (tertiary alicyclic amines) is 1. The molecule has 1 aromatic carbocycles. The number of benzene rings is 1. The van der Waals surface area contributed by atoms with Crippen molar-refractivity contribution in [2.75, 3.05) is 18.4 Å². The van der Waals surface area contributed by atoms with Crippen LogP contribution >= 0.6 is 0 Å². The van der Waals surface area contributed by atoms with E-state index >= 15 is 0 Å². The number of aliphatic carboxylic acids is 1. The summed E-state index contributed by atoms with van der Waals surface area (Å²) in [4.78, 5) is 25.1. The van der Waals surface area contributed by atoms with E-state index in [0.717, 1.165) is 0 Å². The molecule has 1 saturated heterocycles. The average Bonchev–Trinajstić information content (AvgIpc) is 2.49. The number of carbonyl (C=O) groups excluding carboxylic acids is 1. The summed E-state index contributed by atoms with van der Waals surface area (Å²) in [5, 5.41) is 11.9. The minimum absolute atomic E-state index is 0.102. The molecule has 1 atom stereocenters.